The molecule has 3 rings (SSSR count). The minimum absolute atomic E-state index is 0.200. The van der Waals surface area contributed by atoms with Crippen molar-refractivity contribution in [1.29, 1.82) is 0 Å². The van der Waals surface area contributed by atoms with Gasteiger partial charge < -0.3 is 23.4 Å². The molecule has 0 amide bonds. The van der Waals surface area contributed by atoms with Crippen molar-refractivity contribution in [3.05, 3.63) is 46.6 Å². The molecule has 3 aromatic rings. The molecule has 0 radical (unpaired) electrons. The lowest BCUT2D eigenvalue weighted by molar-refractivity contribution is 0.298. The van der Waals surface area contributed by atoms with E-state index in [1.807, 2.05) is 6.07 Å². The molecule has 6 heteroatoms. The van der Waals surface area contributed by atoms with E-state index in [4.69, 9.17) is 23.4 Å². The topological polar surface area (TPSA) is 67.1 Å². The highest BCUT2D eigenvalue weighted by Crippen LogP contribution is 2.37. The van der Waals surface area contributed by atoms with E-state index in [1.165, 1.54) is 0 Å². The van der Waals surface area contributed by atoms with Gasteiger partial charge in [0.2, 0.25) is 11.2 Å². The van der Waals surface area contributed by atoms with E-state index < -0.39 is 0 Å². The third kappa shape index (κ3) is 4.31. The van der Waals surface area contributed by atoms with E-state index in [0.29, 0.717) is 46.1 Å². The summed E-state index contributed by atoms with van der Waals surface area (Å²) in [6, 6.07) is 10.5. The van der Waals surface area contributed by atoms with Gasteiger partial charge in [0.25, 0.3) is 0 Å². The largest absolute Gasteiger partial charge is 0.497 e. The number of unbranched alkanes of at least 4 members (excludes halogenated alkanes) is 2. The van der Waals surface area contributed by atoms with Crippen molar-refractivity contribution in [3.8, 4) is 34.3 Å². The Balaban J connectivity index is 2.17. The summed E-state index contributed by atoms with van der Waals surface area (Å²) < 4.78 is 28.0. The van der Waals surface area contributed by atoms with Crippen LogP contribution in [0.25, 0.3) is 22.3 Å². The Morgan fingerprint density at radius 1 is 0.897 bits per heavy atom. The Bertz CT molecular complexity index is 1040. The molecule has 0 N–H and O–H groups in total. The second kappa shape index (κ2) is 9.37. The lowest BCUT2D eigenvalue weighted by Crippen LogP contribution is -2.11. The smallest absolute Gasteiger partial charge is 0.235 e. The predicted molar refractivity (Wildman–Crippen MR) is 113 cm³/mol. The van der Waals surface area contributed by atoms with Crippen LogP contribution in [-0.4, -0.2) is 27.9 Å². The quantitative estimate of drug-likeness (QED) is 0.470. The van der Waals surface area contributed by atoms with Gasteiger partial charge in [0.1, 0.15) is 11.3 Å². The van der Waals surface area contributed by atoms with Crippen molar-refractivity contribution in [2.75, 3.05) is 27.9 Å². The van der Waals surface area contributed by atoms with Crippen LogP contribution < -0.4 is 24.4 Å². The van der Waals surface area contributed by atoms with Crippen molar-refractivity contribution in [2.24, 2.45) is 0 Å². The summed E-state index contributed by atoms with van der Waals surface area (Å²) in [6.07, 6.45) is 2.96. The van der Waals surface area contributed by atoms with Gasteiger partial charge >= 0.3 is 0 Å². The van der Waals surface area contributed by atoms with Crippen molar-refractivity contribution in [2.45, 2.75) is 26.2 Å². The van der Waals surface area contributed by atoms with Gasteiger partial charge in [-0.1, -0.05) is 19.8 Å². The van der Waals surface area contributed by atoms with Gasteiger partial charge in [0, 0.05) is 11.6 Å². The molecule has 0 aliphatic heterocycles. The fourth-order valence-corrected chi connectivity index (χ4v) is 3.11. The highest BCUT2D eigenvalue weighted by molar-refractivity contribution is 5.83. The van der Waals surface area contributed by atoms with Gasteiger partial charge in [-0.15, -0.1) is 0 Å². The van der Waals surface area contributed by atoms with Gasteiger partial charge in [-0.05, 0) is 36.8 Å². The van der Waals surface area contributed by atoms with E-state index in [1.54, 1.807) is 51.7 Å². The Morgan fingerprint density at radius 3 is 2.38 bits per heavy atom. The van der Waals surface area contributed by atoms with Crippen LogP contribution in [0.15, 0.2) is 45.6 Å². The predicted octanol–water partition coefficient (Wildman–Crippen LogP) is 5.05. The second-order valence-electron chi connectivity index (χ2n) is 6.58. The van der Waals surface area contributed by atoms with Gasteiger partial charge in [0.05, 0.1) is 33.3 Å². The van der Waals surface area contributed by atoms with E-state index in [-0.39, 0.29) is 11.2 Å². The number of rotatable bonds is 9. The summed E-state index contributed by atoms with van der Waals surface area (Å²) in [5.41, 5.74) is 0.880. The molecule has 0 saturated carbocycles. The Hall–Kier alpha value is -3.15. The average Bonchev–Trinajstić information content (AvgIpc) is 2.76. The lowest BCUT2D eigenvalue weighted by Gasteiger charge is -2.14. The first-order valence-corrected chi connectivity index (χ1v) is 9.63. The number of fused-ring (bicyclic) bond motifs is 1. The SMILES string of the molecule is CCCCCOc1c(-c2ccc(OC)c(OC)c2)oc2cc(OC)ccc2c1=O. The highest BCUT2D eigenvalue weighted by atomic mass is 16.5. The summed E-state index contributed by atoms with van der Waals surface area (Å²) in [5.74, 6) is 2.29. The molecule has 0 unspecified atom stereocenters. The zero-order chi connectivity index (χ0) is 20.8. The number of hydrogen-bond donors (Lipinski definition) is 0. The Morgan fingerprint density at radius 2 is 1.69 bits per heavy atom. The Kier molecular flexibility index (Phi) is 6.65. The van der Waals surface area contributed by atoms with Crippen LogP contribution in [0, 0.1) is 0 Å². The molecule has 0 atom stereocenters. The van der Waals surface area contributed by atoms with E-state index in [2.05, 4.69) is 6.92 Å². The van der Waals surface area contributed by atoms with Crippen LogP contribution in [0.4, 0.5) is 0 Å². The lowest BCUT2D eigenvalue weighted by atomic mass is 10.1. The Labute approximate surface area is 170 Å². The first kappa shape index (κ1) is 20.6. The van der Waals surface area contributed by atoms with Gasteiger partial charge in [-0.2, -0.15) is 0 Å². The molecular formula is C23H26O6. The van der Waals surface area contributed by atoms with Crippen LogP contribution in [-0.2, 0) is 0 Å². The maximum atomic E-state index is 13.2. The normalized spacial score (nSPS) is 10.8. The van der Waals surface area contributed by atoms with Crippen LogP contribution in [0.2, 0.25) is 0 Å². The molecule has 6 nitrogen and oxygen atoms in total. The molecule has 29 heavy (non-hydrogen) atoms. The first-order chi connectivity index (χ1) is 14.1. The van der Waals surface area contributed by atoms with Crippen LogP contribution in [0.1, 0.15) is 26.2 Å². The number of methoxy groups -OCH3 is 3. The molecule has 1 aromatic heterocycles. The van der Waals surface area contributed by atoms with Gasteiger partial charge in [-0.3, -0.25) is 4.79 Å². The van der Waals surface area contributed by atoms with E-state index >= 15 is 0 Å². The maximum Gasteiger partial charge on any atom is 0.235 e. The monoisotopic (exact) mass is 398 g/mol. The fraction of sp³-hybridized carbons (Fsp3) is 0.348. The standard InChI is InChI=1S/C23H26O6/c1-5-6-7-12-28-23-21(24)17-10-9-16(25-2)14-19(17)29-22(23)15-8-11-18(26-3)20(13-15)27-4/h8-11,13-14H,5-7,12H2,1-4H3. The summed E-state index contributed by atoms with van der Waals surface area (Å²) in [6.45, 7) is 2.56. The maximum absolute atomic E-state index is 13.2. The highest BCUT2D eigenvalue weighted by Gasteiger charge is 2.19. The zero-order valence-electron chi connectivity index (χ0n) is 17.2. The van der Waals surface area contributed by atoms with Gasteiger partial charge in [-0.25, -0.2) is 0 Å². The number of hydrogen-bond acceptors (Lipinski definition) is 6. The van der Waals surface area contributed by atoms with E-state index in [0.717, 1.165) is 19.3 Å². The van der Waals surface area contributed by atoms with Crippen LogP contribution in [0.3, 0.4) is 0 Å². The summed E-state index contributed by atoms with van der Waals surface area (Å²) in [7, 11) is 4.70. The molecule has 0 bridgehead atoms. The van der Waals surface area contributed by atoms with Crippen LogP contribution >= 0.6 is 0 Å². The van der Waals surface area contributed by atoms with Crippen molar-refractivity contribution in [3.63, 3.8) is 0 Å². The van der Waals surface area contributed by atoms with Crippen LogP contribution in [0.5, 0.6) is 23.0 Å². The molecule has 0 spiro atoms. The molecule has 0 aliphatic rings. The van der Waals surface area contributed by atoms with Crippen molar-refractivity contribution >= 4 is 11.0 Å². The first-order valence-electron chi connectivity index (χ1n) is 9.63. The molecule has 154 valence electrons. The molecule has 0 aliphatic carbocycles. The summed E-state index contributed by atoms with van der Waals surface area (Å²) in [4.78, 5) is 13.2. The molecule has 0 fully saturated rings. The molecule has 0 saturated heterocycles. The number of ether oxygens (including phenoxy) is 4. The average molecular weight is 398 g/mol. The van der Waals surface area contributed by atoms with Gasteiger partial charge in [0.15, 0.2) is 17.3 Å². The fourth-order valence-electron chi connectivity index (χ4n) is 3.11. The zero-order valence-corrected chi connectivity index (χ0v) is 17.2. The minimum atomic E-state index is -0.213. The third-order valence-corrected chi connectivity index (χ3v) is 4.70. The van der Waals surface area contributed by atoms with Crippen molar-refractivity contribution in [1.82, 2.24) is 0 Å². The molecule has 2 aromatic carbocycles. The summed E-state index contributed by atoms with van der Waals surface area (Å²) >= 11 is 0. The molecule has 1 heterocycles. The van der Waals surface area contributed by atoms with Crippen molar-refractivity contribution < 1.29 is 23.4 Å². The minimum Gasteiger partial charge on any atom is -0.497 e. The number of benzene rings is 2. The third-order valence-electron chi connectivity index (χ3n) is 4.70. The molecular weight excluding hydrogens is 372 g/mol. The van der Waals surface area contributed by atoms with E-state index in [9.17, 15) is 4.79 Å². The second-order valence-corrected chi connectivity index (χ2v) is 6.58. The summed E-state index contributed by atoms with van der Waals surface area (Å²) in [5, 5.41) is 0.445.